The number of hydrogen-bond acceptors (Lipinski definition) is 4. The van der Waals surface area contributed by atoms with Crippen LogP contribution in [-0.2, 0) is 16.0 Å². The van der Waals surface area contributed by atoms with E-state index in [0.29, 0.717) is 17.9 Å². The summed E-state index contributed by atoms with van der Waals surface area (Å²) in [5.41, 5.74) is -0.0482. The van der Waals surface area contributed by atoms with Crippen LogP contribution in [0, 0.1) is 11.2 Å². The third-order valence-corrected chi connectivity index (χ3v) is 3.25. The largest absolute Gasteiger partial charge is 0.493 e. The number of aliphatic hydroxyl groups is 1. The summed E-state index contributed by atoms with van der Waals surface area (Å²) in [6, 6.07) is 4.24. The Bertz CT molecular complexity index is 508. The molecular formula is C18H27FO4. The Morgan fingerprint density at radius 1 is 1.35 bits per heavy atom. The van der Waals surface area contributed by atoms with Crippen LogP contribution in [0.25, 0.3) is 0 Å². The lowest BCUT2D eigenvalue weighted by Gasteiger charge is -2.19. The van der Waals surface area contributed by atoms with Crippen molar-refractivity contribution in [1.29, 1.82) is 0 Å². The number of unbranched alkanes of at least 4 members (excludes halogenated alkanes) is 1. The highest BCUT2D eigenvalue weighted by Gasteiger charge is 2.24. The summed E-state index contributed by atoms with van der Waals surface area (Å²) in [6.45, 7) is 7.71. The Kier molecular flexibility index (Phi) is 7.49. The van der Waals surface area contributed by atoms with Gasteiger partial charge in [0.05, 0.1) is 18.1 Å². The van der Waals surface area contributed by atoms with E-state index in [4.69, 9.17) is 9.47 Å². The highest BCUT2D eigenvalue weighted by molar-refractivity contribution is 5.75. The molecule has 1 aromatic carbocycles. The van der Waals surface area contributed by atoms with Gasteiger partial charge >= 0.3 is 5.97 Å². The molecule has 0 saturated carbocycles. The molecule has 1 unspecified atom stereocenters. The van der Waals surface area contributed by atoms with Crippen molar-refractivity contribution >= 4 is 5.97 Å². The Hall–Kier alpha value is -1.62. The standard InChI is InChI=1S/C18H27FO4/c1-5-6-9-22-16-8-7-14(19)10-13(16)11-15(20)12-23-17(21)18(2,3)4/h7-8,10,15,20H,5-6,9,11-12H2,1-4H3. The number of carbonyl (C=O) groups is 1. The van der Waals surface area contributed by atoms with Crippen molar-refractivity contribution < 1.29 is 23.8 Å². The minimum Gasteiger partial charge on any atom is -0.493 e. The fourth-order valence-electron chi connectivity index (χ4n) is 1.88. The first kappa shape index (κ1) is 19.4. The molecular weight excluding hydrogens is 299 g/mol. The van der Waals surface area contributed by atoms with Crippen molar-refractivity contribution in [3.63, 3.8) is 0 Å². The van der Waals surface area contributed by atoms with Gasteiger partial charge in [-0.1, -0.05) is 13.3 Å². The average Bonchev–Trinajstić information content (AvgIpc) is 2.46. The predicted molar refractivity (Wildman–Crippen MR) is 86.9 cm³/mol. The molecule has 0 amide bonds. The number of carbonyl (C=O) groups excluding carboxylic acids is 1. The third kappa shape index (κ3) is 6.99. The molecule has 0 spiro atoms. The van der Waals surface area contributed by atoms with Crippen LogP contribution in [0.5, 0.6) is 5.75 Å². The number of aliphatic hydroxyl groups excluding tert-OH is 1. The van der Waals surface area contributed by atoms with E-state index in [1.165, 1.54) is 12.1 Å². The van der Waals surface area contributed by atoms with Crippen LogP contribution in [0.1, 0.15) is 46.1 Å². The maximum Gasteiger partial charge on any atom is 0.311 e. The van der Waals surface area contributed by atoms with E-state index in [1.54, 1.807) is 26.8 Å². The number of benzene rings is 1. The van der Waals surface area contributed by atoms with Gasteiger partial charge in [-0.25, -0.2) is 4.39 Å². The molecule has 4 nitrogen and oxygen atoms in total. The van der Waals surface area contributed by atoms with Crippen LogP contribution in [0.15, 0.2) is 18.2 Å². The highest BCUT2D eigenvalue weighted by Crippen LogP contribution is 2.22. The third-order valence-electron chi connectivity index (χ3n) is 3.25. The number of ether oxygens (including phenoxy) is 2. The van der Waals surface area contributed by atoms with Gasteiger partial charge in [0.15, 0.2) is 0 Å². The number of esters is 1. The van der Waals surface area contributed by atoms with Crippen LogP contribution < -0.4 is 4.74 Å². The van der Waals surface area contributed by atoms with Gasteiger partial charge in [-0.3, -0.25) is 4.79 Å². The van der Waals surface area contributed by atoms with Crippen molar-refractivity contribution in [1.82, 2.24) is 0 Å². The Morgan fingerprint density at radius 3 is 2.65 bits per heavy atom. The van der Waals surface area contributed by atoms with Crippen LogP contribution >= 0.6 is 0 Å². The molecule has 0 bridgehead atoms. The summed E-state index contributed by atoms with van der Waals surface area (Å²) in [4.78, 5) is 11.7. The van der Waals surface area contributed by atoms with E-state index < -0.39 is 11.5 Å². The summed E-state index contributed by atoms with van der Waals surface area (Å²) >= 11 is 0. The second kappa shape index (κ2) is 8.87. The Labute approximate surface area is 137 Å². The van der Waals surface area contributed by atoms with E-state index in [0.717, 1.165) is 12.8 Å². The normalized spacial score (nSPS) is 12.8. The van der Waals surface area contributed by atoms with E-state index in [1.807, 2.05) is 0 Å². The van der Waals surface area contributed by atoms with E-state index in [-0.39, 0.29) is 24.8 Å². The average molecular weight is 326 g/mol. The SMILES string of the molecule is CCCCOc1ccc(F)cc1CC(O)COC(=O)C(C)(C)C. The van der Waals surface area contributed by atoms with Crippen molar-refractivity contribution in [3.8, 4) is 5.75 Å². The second-order valence-corrected chi connectivity index (χ2v) is 6.66. The van der Waals surface area contributed by atoms with Crippen LogP contribution in [0.4, 0.5) is 4.39 Å². The fourth-order valence-corrected chi connectivity index (χ4v) is 1.88. The molecule has 130 valence electrons. The molecule has 5 heteroatoms. The van der Waals surface area contributed by atoms with Gasteiger partial charge in [0.2, 0.25) is 0 Å². The molecule has 0 aliphatic rings. The summed E-state index contributed by atoms with van der Waals surface area (Å²) < 4.78 is 24.1. The maximum atomic E-state index is 13.4. The molecule has 1 N–H and O–H groups in total. The van der Waals surface area contributed by atoms with Gasteiger partial charge in [0, 0.05) is 6.42 Å². The molecule has 0 aromatic heterocycles. The first-order chi connectivity index (χ1) is 10.7. The van der Waals surface area contributed by atoms with Gasteiger partial charge in [0.1, 0.15) is 18.2 Å². The molecule has 0 radical (unpaired) electrons. The summed E-state index contributed by atoms with van der Waals surface area (Å²) in [7, 11) is 0. The second-order valence-electron chi connectivity index (χ2n) is 6.66. The monoisotopic (exact) mass is 326 g/mol. The first-order valence-electron chi connectivity index (χ1n) is 8.00. The smallest absolute Gasteiger partial charge is 0.311 e. The molecule has 1 atom stereocenters. The summed E-state index contributed by atoms with van der Waals surface area (Å²) in [5.74, 6) is -0.210. The molecule has 23 heavy (non-hydrogen) atoms. The zero-order chi connectivity index (χ0) is 17.5. The Morgan fingerprint density at radius 2 is 2.04 bits per heavy atom. The fraction of sp³-hybridized carbons (Fsp3) is 0.611. The lowest BCUT2D eigenvalue weighted by atomic mass is 9.97. The van der Waals surface area contributed by atoms with Crippen molar-refractivity contribution in [2.75, 3.05) is 13.2 Å². The van der Waals surface area contributed by atoms with E-state index in [2.05, 4.69) is 6.92 Å². The zero-order valence-corrected chi connectivity index (χ0v) is 14.4. The van der Waals surface area contributed by atoms with Crippen LogP contribution in [0.3, 0.4) is 0 Å². The molecule has 0 heterocycles. The quantitative estimate of drug-likeness (QED) is 0.587. The minimum atomic E-state index is -0.906. The molecule has 0 aliphatic heterocycles. The van der Waals surface area contributed by atoms with Crippen LogP contribution in [0.2, 0.25) is 0 Å². The number of halogens is 1. The minimum absolute atomic E-state index is 0.124. The van der Waals surface area contributed by atoms with Crippen molar-refractivity contribution in [2.45, 2.75) is 53.1 Å². The predicted octanol–water partition coefficient (Wildman–Crippen LogP) is 3.50. The van der Waals surface area contributed by atoms with Gasteiger partial charge in [-0.05, 0) is 51.0 Å². The number of hydrogen-bond donors (Lipinski definition) is 1. The Balaban J connectivity index is 2.63. The summed E-state index contributed by atoms with van der Waals surface area (Å²) in [6.07, 6.45) is 1.16. The van der Waals surface area contributed by atoms with Crippen molar-refractivity contribution in [2.24, 2.45) is 5.41 Å². The van der Waals surface area contributed by atoms with Crippen molar-refractivity contribution in [3.05, 3.63) is 29.6 Å². The first-order valence-corrected chi connectivity index (χ1v) is 8.00. The lowest BCUT2D eigenvalue weighted by Crippen LogP contribution is -2.28. The summed E-state index contributed by atoms with van der Waals surface area (Å²) in [5, 5.41) is 10.0. The van der Waals surface area contributed by atoms with Gasteiger partial charge < -0.3 is 14.6 Å². The number of rotatable bonds is 8. The van der Waals surface area contributed by atoms with Gasteiger partial charge in [-0.2, -0.15) is 0 Å². The van der Waals surface area contributed by atoms with E-state index >= 15 is 0 Å². The molecule has 0 aliphatic carbocycles. The highest BCUT2D eigenvalue weighted by atomic mass is 19.1. The molecule has 1 rings (SSSR count). The lowest BCUT2D eigenvalue weighted by molar-refractivity contribution is -0.155. The van der Waals surface area contributed by atoms with Crippen LogP contribution in [-0.4, -0.2) is 30.4 Å². The zero-order valence-electron chi connectivity index (χ0n) is 14.4. The maximum absolute atomic E-state index is 13.4. The molecule has 0 fully saturated rings. The topological polar surface area (TPSA) is 55.8 Å². The molecule has 1 aromatic rings. The van der Waals surface area contributed by atoms with Gasteiger partial charge in [-0.15, -0.1) is 0 Å². The molecule has 0 saturated heterocycles. The van der Waals surface area contributed by atoms with Gasteiger partial charge in [0.25, 0.3) is 0 Å². The van der Waals surface area contributed by atoms with E-state index in [9.17, 15) is 14.3 Å².